The summed E-state index contributed by atoms with van der Waals surface area (Å²) < 4.78 is 49.3. The Hall–Kier alpha value is -2.63. The monoisotopic (exact) mass is 364 g/mol. The van der Waals surface area contributed by atoms with Crippen LogP contribution in [0.4, 0.5) is 18.0 Å². The molecule has 130 valence electrons. The number of halogens is 3. The molecular weight excluding hydrogens is 353 g/mol. The number of aromatic nitrogens is 3. The number of carbonyl (C=O) groups excluding carboxylic acids is 1. The van der Waals surface area contributed by atoms with Crippen LogP contribution in [-0.2, 0) is 7.05 Å². The molecule has 0 atom stereocenters. The van der Waals surface area contributed by atoms with Gasteiger partial charge in [0.2, 0.25) is 0 Å². The second-order valence-electron chi connectivity index (χ2n) is 4.24. The molecule has 0 saturated heterocycles. The van der Waals surface area contributed by atoms with E-state index >= 15 is 0 Å². The molecule has 1 aromatic carbocycles. The second kappa shape index (κ2) is 6.86. The van der Waals surface area contributed by atoms with Gasteiger partial charge < -0.3 is 9.47 Å². The van der Waals surface area contributed by atoms with Crippen LogP contribution in [0.1, 0.15) is 0 Å². The highest BCUT2D eigenvalue weighted by molar-refractivity contribution is 7.98. The maximum absolute atomic E-state index is 12.3. The van der Waals surface area contributed by atoms with Crippen molar-refractivity contribution in [2.45, 2.75) is 11.3 Å². The Balaban J connectivity index is 2.14. The first-order valence-corrected chi connectivity index (χ1v) is 7.06. The zero-order valence-corrected chi connectivity index (χ0v) is 13.1. The number of ether oxygens (including phenoxy) is 2. The Morgan fingerprint density at radius 1 is 1.33 bits per heavy atom. The molecule has 0 bridgehead atoms. The summed E-state index contributed by atoms with van der Waals surface area (Å²) in [6, 6.07) is 4.17. The van der Waals surface area contributed by atoms with Crippen LogP contribution in [0, 0.1) is 0 Å². The van der Waals surface area contributed by atoms with Crippen LogP contribution >= 0.6 is 11.9 Å². The Kier molecular flexibility index (Phi) is 5.07. The predicted octanol–water partition coefficient (Wildman–Crippen LogP) is 1.75. The Morgan fingerprint density at radius 3 is 2.58 bits per heavy atom. The average molecular weight is 364 g/mol. The highest BCUT2D eigenvalue weighted by Gasteiger charge is 2.32. The quantitative estimate of drug-likeness (QED) is 0.832. The van der Waals surface area contributed by atoms with Crippen molar-refractivity contribution < 1.29 is 27.4 Å². The van der Waals surface area contributed by atoms with Gasteiger partial charge in [0.25, 0.3) is 0 Å². The molecule has 1 amide bonds. The number of hydrogen-bond acceptors (Lipinski definition) is 6. The Morgan fingerprint density at radius 2 is 2.00 bits per heavy atom. The van der Waals surface area contributed by atoms with Gasteiger partial charge in [-0.15, -0.1) is 23.0 Å². The van der Waals surface area contributed by atoms with Gasteiger partial charge in [0.05, 0.1) is 12.0 Å². The largest absolute Gasteiger partial charge is 0.573 e. The summed E-state index contributed by atoms with van der Waals surface area (Å²) >= 11 is 0.548. The lowest BCUT2D eigenvalue weighted by Gasteiger charge is -2.12. The standard InChI is InChI=1S/C12H11F3N4O4S/c1-18-10(22-2)16-19(11(18)21)9(20)17-24-8-6-4-3-5-7(8)23-12(13,14)15/h3-6H,1-2H3,(H,17,20). The molecule has 0 saturated carbocycles. The molecule has 0 aliphatic rings. The Bertz CT molecular complexity index is 802. The van der Waals surface area contributed by atoms with Crippen molar-refractivity contribution in [1.29, 1.82) is 0 Å². The van der Waals surface area contributed by atoms with E-state index in [0.29, 0.717) is 16.6 Å². The average Bonchev–Trinajstić information content (AvgIpc) is 2.80. The number of rotatable bonds is 4. The minimum atomic E-state index is -4.87. The lowest BCUT2D eigenvalue weighted by atomic mass is 10.3. The molecule has 0 fully saturated rings. The van der Waals surface area contributed by atoms with Crippen molar-refractivity contribution >= 4 is 18.0 Å². The summed E-state index contributed by atoms with van der Waals surface area (Å²) in [6.07, 6.45) is -4.87. The van der Waals surface area contributed by atoms with Gasteiger partial charge in [0, 0.05) is 7.05 Å². The van der Waals surface area contributed by atoms with Crippen LogP contribution in [-0.4, -0.2) is 33.9 Å². The van der Waals surface area contributed by atoms with Crippen LogP contribution in [0.5, 0.6) is 11.8 Å². The zero-order chi connectivity index (χ0) is 17.9. The van der Waals surface area contributed by atoms with Gasteiger partial charge in [-0.2, -0.15) is 0 Å². The third-order valence-electron chi connectivity index (χ3n) is 2.64. The number of amides is 1. The highest BCUT2D eigenvalue weighted by atomic mass is 32.2. The fourth-order valence-electron chi connectivity index (χ4n) is 1.61. The zero-order valence-electron chi connectivity index (χ0n) is 12.3. The molecule has 0 spiro atoms. The lowest BCUT2D eigenvalue weighted by molar-refractivity contribution is -0.275. The van der Waals surface area contributed by atoms with Gasteiger partial charge in [-0.1, -0.05) is 12.1 Å². The first-order valence-electron chi connectivity index (χ1n) is 6.25. The molecule has 1 heterocycles. The van der Waals surface area contributed by atoms with Gasteiger partial charge in [0.1, 0.15) is 5.75 Å². The summed E-state index contributed by atoms with van der Waals surface area (Å²) in [5, 5.41) is 3.63. The molecule has 0 unspecified atom stereocenters. The molecule has 2 rings (SSSR count). The van der Waals surface area contributed by atoms with E-state index in [0.717, 1.165) is 10.6 Å². The summed E-state index contributed by atoms with van der Waals surface area (Å²) in [5.41, 5.74) is -0.773. The number of methoxy groups -OCH3 is 1. The molecule has 0 aliphatic heterocycles. The lowest BCUT2D eigenvalue weighted by Crippen LogP contribution is -2.34. The highest BCUT2D eigenvalue weighted by Crippen LogP contribution is 2.31. The van der Waals surface area contributed by atoms with Crippen molar-refractivity contribution in [3.8, 4) is 11.8 Å². The van der Waals surface area contributed by atoms with Gasteiger partial charge in [-0.05, 0) is 24.1 Å². The number of hydrogen-bond donors (Lipinski definition) is 1. The van der Waals surface area contributed by atoms with Crippen LogP contribution in [0.3, 0.4) is 0 Å². The van der Waals surface area contributed by atoms with Crippen molar-refractivity contribution in [2.75, 3.05) is 7.11 Å². The number of nitrogens with one attached hydrogen (secondary N) is 1. The van der Waals surface area contributed by atoms with Gasteiger partial charge in [0.15, 0.2) is 0 Å². The van der Waals surface area contributed by atoms with E-state index < -0.39 is 23.8 Å². The minimum absolute atomic E-state index is 0.000815. The first kappa shape index (κ1) is 17.7. The summed E-state index contributed by atoms with van der Waals surface area (Å²) in [7, 11) is 2.61. The van der Waals surface area contributed by atoms with Crippen LogP contribution in [0.25, 0.3) is 0 Å². The predicted molar refractivity (Wildman–Crippen MR) is 76.9 cm³/mol. The molecule has 1 aromatic heterocycles. The molecule has 12 heteroatoms. The van der Waals surface area contributed by atoms with E-state index in [9.17, 15) is 22.8 Å². The topological polar surface area (TPSA) is 87.4 Å². The van der Waals surface area contributed by atoms with E-state index in [2.05, 4.69) is 14.6 Å². The SMILES string of the molecule is COc1nn(C(=O)NSc2ccccc2OC(F)(F)F)c(=O)n1C. The van der Waals surface area contributed by atoms with E-state index in [-0.39, 0.29) is 10.9 Å². The summed E-state index contributed by atoms with van der Waals surface area (Å²) in [6.45, 7) is 0. The molecular formula is C12H11F3N4O4S. The number of alkyl halides is 3. The molecule has 0 aliphatic carbocycles. The third kappa shape index (κ3) is 4.01. The van der Waals surface area contributed by atoms with Crippen molar-refractivity contribution in [3.05, 3.63) is 34.7 Å². The maximum atomic E-state index is 12.3. The van der Waals surface area contributed by atoms with E-state index in [1.54, 1.807) is 0 Å². The van der Waals surface area contributed by atoms with E-state index in [1.807, 2.05) is 0 Å². The molecule has 1 N–H and O–H groups in total. The number of benzene rings is 1. The second-order valence-corrected chi connectivity index (χ2v) is 5.09. The van der Waals surface area contributed by atoms with E-state index in [1.165, 1.54) is 32.4 Å². The van der Waals surface area contributed by atoms with Crippen molar-refractivity contribution in [2.24, 2.45) is 7.05 Å². The van der Waals surface area contributed by atoms with Crippen LogP contribution in [0.2, 0.25) is 0 Å². The van der Waals surface area contributed by atoms with Crippen LogP contribution < -0.4 is 19.9 Å². The van der Waals surface area contributed by atoms with Crippen LogP contribution in [0.15, 0.2) is 34.0 Å². The van der Waals surface area contributed by atoms with Gasteiger partial charge in [-0.3, -0.25) is 4.72 Å². The van der Waals surface area contributed by atoms with Crippen molar-refractivity contribution in [1.82, 2.24) is 19.1 Å². The van der Waals surface area contributed by atoms with Gasteiger partial charge in [-0.25, -0.2) is 14.2 Å². The first-order chi connectivity index (χ1) is 11.2. The molecule has 24 heavy (non-hydrogen) atoms. The molecule has 8 nitrogen and oxygen atoms in total. The summed E-state index contributed by atoms with van der Waals surface area (Å²) in [5.74, 6) is -0.485. The fraction of sp³-hybridized carbons (Fsp3) is 0.250. The summed E-state index contributed by atoms with van der Waals surface area (Å²) in [4.78, 5) is 23.7. The van der Waals surface area contributed by atoms with Crippen molar-refractivity contribution in [3.63, 3.8) is 0 Å². The molecule has 2 aromatic rings. The smallest absolute Gasteiger partial charge is 0.467 e. The Labute approximate surface area is 137 Å². The molecule has 0 radical (unpaired) electrons. The van der Waals surface area contributed by atoms with E-state index in [4.69, 9.17) is 4.74 Å². The normalized spacial score (nSPS) is 11.2. The van der Waals surface area contributed by atoms with Gasteiger partial charge >= 0.3 is 24.1 Å². The number of nitrogens with zero attached hydrogens (tertiary/aromatic N) is 3. The maximum Gasteiger partial charge on any atom is 0.573 e. The minimum Gasteiger partial charge on any atom is -0.467 e. The number of para-hydroxylation sites is 1. The third-order valence-corrected chi connectivity index (χ3v) is 3.47. The number of carbonyl (C=O) groups is 1. The fourth-order valence-corrected chi connectivity index (χ4v) is 2.26.